The highest BCUT2D eigenvalue weighted by Gasteiger charge is 2.34. The molecule has 1 aromatic carbocycles. The van der Waals surface area contributed by atoms with Crippen LogP contribution in [-0.2, 0) is 6.18 Å². The van der Waals surface area contributed by atoms with Crippen LogP contribution in [0.15, 0.2) is 59.6 Å². The number of furan rings is 1. The van der Waals surface area contributed by atoms with E-state index in [1.54, 1.807) is 18.2 Å². The van der Waals surface area contributed by atoms with Gasteiger partial charge in [0.15, 0.2) is 5.76 Å². The molecule has 0 aliphatic rings. The van der Waals surface area contributed by atoms with E-state index in [0.29, 0.717) is 11.5 Å². The molecule has 3 rings (SSSR count). The minimum Gasteiger partial charge on any atom is -0.463 e. The topological polar surface area (TPSA) is 38.9 Å². The number of alkyl halides is 3. The Morgan fingerprint density at radius 3 is 2.48 bits per heavy atom. The number of aromatic nitrogens is 2. The van der Waals surface area contributed by atoms with Crippen LogP contribution in [0.25, 0.3) is 22.6 Å². The highest BCUT2D eigenvalue weighted by molar-refractivity contribution is 5.79. The van der Waals surface area contributed by atoms with Crippen LogP contribution in [0.5, 0.6) is 0 Å². The van der Waals surface area contributed by atoms with Gasteiger partial charge in [-0.05, 0) is 23.8 Å². The van der Waals surface area contributed by atoms with Gasteiger partial charge in [0.25, 0.3) is 0 Å². The van der Waals surface area contributed by atoms with Gasteiger partial charge in [-0.25, -0.2) is 9.97 Å². The maximum atomic E-state index is 13.1. The van der Waals surface area contributed by atoms with Crippen LogP contribution >= 0.6 is 0 Å². The first-order chi connectivity index (χ1) is 10.1. The van der Waals surface area contributed by atoms with Crippen LogP contribution in [0.4, 0.5) is 13.2 Å². The summed E-state index contributed by atoms with van der Waals surface area (Å²) in [5.74, 6) is 0.393. The van der Waals surface area contributed by atoms with Gasteiger partial charge in [0.05, 0.1) is 11.8 Å². The van der Waals surface area contributed by atoms with Gasteiger partial charge in [-0.15, -0.1) is 0 Å². The lowest BCUT2D eigenvalue weighted by Crippen LogP contribution is -2.07. The number of hydrogen-bond donors (Lipinski definition) is 0. The highest BCUT2D eigenvalue weighted by atomic mass is 19.4. The van der Waals surface area contributed by atoms with E-state index in [2.05, 4.69) is 9.97 Å². The lowest BCUT2D eigenvalue weighted by Gasteiger charge is -2.13. The molecule has 106 valence electrons. The van der Waals surface area contributed by atoms with Gasteiger partial charge in [0, 0.05) is 11.8 Å². The predicted molar refractivity (Wildman–Crippen MR) is 70.2 cm³/mol. The standard InChI is InChI=1S/C15H9F3N2O/c16-15(17,18)12-5-2-1-4-10(12)11-8-19-9-20-14(11)13-6-3-7-21-13/h1-9H. The van der Waals surface area contributed by atoms with Crippen LogP contribution < -0.4 is 0 Å². The van der Waals surface area contributed by atoms with Crippen molar-refractivity contribution >= 4 is 0 Å². The molecule has 0 saturated carbocycles. The zero-order valence-electron chi connectivity index (χ0n) is 10.6. The molecule has 0 N–H and O–H groups in total. The third kappa shape index (κ3) is 2.52. The van der Waals surface area contributed by atoms with Gasteiger partial charge in [-0.2, -0.15) is 13.2 Å². The van der Waals surface area contributed by atoms with Gasteiger partial charge in [-0.3, -0.25) is 0 Å². The summed E-state index contributed by atoms with van der Waals surface area (Å²) in [7, 11) is 0. The van der Waals surface area contributed by atoms with Crippen molar-refractivity contribution in [3.05, 3.63) is 60.7 Å². The fourth-order valence-corrected chi connectivity index (χ4v) is 2.10. The summed E-state index contributed by atoms with van der Waals surface area (Å²) in [6, 6.07) is 8.62. The number of hydrogen-bond acceptors (Lipinski definition) is 3. The minimum absolute atomic E-state index is 0.0250. The zero-order chi connectivity index (χ0) is 14.9. The lowest BCUT2D eigenvalue weighted by atomic mass is 9.98. The molecule has 0 aliphatic heterocycles. The van der Waals surface area contributed by atoms with Crippen LogP contribution in [-0.4, -0.2) is 9.97 Å². The van der Waals surface area contributed by atoms with Gasteiger partial charge >= 0.3 is 6.18 Å². The first-order valence-electron chi connectivity index (χ1n) is 6.08. The molecule has 3 nitrogen and oxygen atoms in total. The van der Waals surface area contributed by atoms with E-state index in [4.69, 9.17) is 4.42 Å². The number of halogens is 3. The fraction of sp³-hybridized carbons (Fsp3) is 0.0667. The summed E-state index contributed by atoms with van der Waals surface area (Å²) in [6.07, 6.45) is -0.378. The summed E-state index contributed by atoms with van der Waals surface area (Å²) in [4.78, 5) is 7.88. The molecule has 0 atom stereocenters. The van der Waals surface area contributed by atoms with Crippen molar-refractivity contribution in [2.45, 2.75) is 6.18 Å². The van der Waals surface area contributed by atoms with Gasteiger partial charge in [0.1, 0.15) is 12.0 Å². The Hall–Kier alpha value is -2.63. The molecule has 0 unspecified atom stereocenters. The number of rotatable bonds is 2. The highest BCUT2D eigenvalue weighted by Crippen LogP contribution is 2.39. The van der Waals surface area contributed by atoms with Crippen LogP contribution in [0.2, 0.25) is 0 Å². The van der Waals surface area contributed by atoms with Crippen molar-refractivity contribution in [1.29, 1.82) is 0 Å². The second-order valence-corrected chi connectivity index (χ2v) is 4.31. The second kappa shape index (κ2) is 5.05. The first kappa shape index (κ1) is 13.4. The maximum absolute atomic E-state index is 13.1. The molecule has 0 amide bonds. The molecule has 0 radical (unpaired) electrons. The van der Waals surface area contributed by atoms with Crippen LogP contribution in [0.1, 0.15) is 5.56 Å². The normalized spacial score (nSPS) is 11.6. The molecule has 0 bridgehead atoms. The Kier molecular flexibility index (Phi) is 3.21. The summed E-state index contributed by atoms with van der Waals surface area (Å²) in [5, 5.41) is 0. The Labute approximate surface area is 118 Å². The Bertz CT molecular complexity index is 752. The summed E-state index contributed by atoms with van der Waals surface area (Å²) < 4.78 is 44.7. The minimum atomic E-state index is -4.45. The van der Waals surface area contributed by atoms with Crippen molar-refractivity contribution in [1.82, 2.24) is 9.97 Å². The molecule has 0 aliphatic carbocycles. The number of benzene rings is 1. The summed E-state index contributed by atoms with van der Waals surface area (Å²) in [5.41, 5.74) is -0.100. The quantitative estimate of drug-likeness (QED) is 0.701. The van der Waals surface area contributed by atoms with Gasteiger partial charge in [0.2, 0.25) is 0 Å². The van der Waals surface area contributed by atoms with Gasteiger partial charge in [-0.1, -0.05) is 18.2 Å². The smallest absolute Gasteiger partial charge is 0.417 e. The molecule has 21 heavy (non-hydrogen) atoms. The average molecular weight is 290 g/mol. The molecule has 0 fully saturated rings. The van der Waals surface area contributed by atoms with Crippen molar-refractivity contribution in [2.24, 2.45) is 0 Å². The molecule has 6 heteroatoms. The second-order valence-electron chi connectivity index (χ2n) is 4.31. The zero-order valence-corrected chi connectivity index (χ0v) is 10.6. The van der Waals surface area contributed by atoms with Crippen molar-refractivity contribution in [3.63, 3.8) is 0 Å². The third-order valence-electron chi connectivity index (χ3n) is 2.99. The molecule has 0 saturated heterocycles. The lowest BCUT2D eigenvalue weighted by molar-refractivity contribution is -0.137. The van der Waals surface area contributed by atoms with E-state index in [1.807, 2.05) is 0 Å². The summed E-state index contributed by atoms with van der Waals surface area (Å²) in [6.45, 7) is 0. The molecule has 2 heterocycles. The molecule has 2 aromatic heterocycles. The number of nitrogens with zero attached hydrogens (tertiary/aromatic N) is 2. The van der Waals surface area contributed by atoms with Crippen LogP contribution in [0.3, 0.4) is 0 Å². The Balaban J connectivity index is 2.24. The average Bonchev–Trinajstić information content (AvgIpc) is 3.00. The Morgan fingerprint density at radius 1 is 0.952 bits per heavy atom. The molecule has 3 aromatic rings. The van der Waals surface area contributed by atoms with Crippen molar-refractivity contribution in [2.75, 3.05) is 0 Å². The van der Waals surface area contributed by atoms with Crippen LogP contribution in [0, 0.1) is 0 Å². The molecular formula is C15H9F3N2O. The SMILES string of the molecule is FC(F)(F)c1ccccc1-c1cncnc1-c1ccco1. The van der Waals surface area contributed by atoms with E-state index >= 15 is 0 Å². The van der Waals surface area contributed by atoms with Crippen molar-refractivity contribution < 1.29 is 17.6 Å². The first-order valence-corrected chi connectivity index (χ1v) is 6.08. The molecular weight excluding hydrogens is 281 g/mol. The monoisotopic (exact) mass is 290 g/mol. The van der Waals surface area contributed by atoms with Crippen molar-refractivity contribution in [3.8, 4) is 22.6 Å². The van der Waals surface area contributed by atoms with E-state index in [0.717, 1.165) is 6.07 Å². The van der Waals surface area contributed by atoms with E-state index < -0.39 is 11.7 Å². The summed E-state index contributed by atoms with van der Waals surface area (Å²) >= 11 is 0. The van der Waals surface area contributed by atoms with E-state index in [9.17, 15) is 13.2 Å². The third-order valence-corrected chi connectivity index (χ3v) is 2.99. The maximum Gasteiger partial charge on any atom is 0.417 e. The van der Waals surface area contributed by atoms with E-state index in [1.165, 1.54) is 30.9 Å². The molecule has 0 spiro atoms. The van der Waals surface area contributed by atoms with E-state index in [-0.39, 0.29) is 11.1 Å². The Morgan fingerprint density at radius 2 is 1.76 bits per heavy atom. The largest absolute Gasteiger partial charge is 0.463 e. The van der Waals surface area contributed by atoms with Gasteiger partial charge < -0.3 is 4.42 Å². The predicted octanol–water partition coefficient (Wildman–Crippen LogP) is 4.42. The fourth-order valence-electron chi connectivity index (χ4n) is 2.10.